The van der Waals surface area contributed by atoms with Crippen LogP contribution in [0.5, 0.6) is 5.75 Å². The maximum atomic E-state index is 12.2. The van der Waals surface area contributed by atoms with E-state index in [4.69, 9.17) is 4.74 Å². The molecule has 1 aromatic carbocycles. The molecular weight excluding hydrogens is 316 g/mol. The molecule has 1 aliphatic heterocycles. The molecule has 0 atom stereocenters. The van der Waals surface area contributed by atoms with Crippen LogP contribution in [-0.2, 0) is 21.2 Å². The van der Waals surface area contributed by atoms with E-state index in [0.29, 0.717) is 31.7 Å². The van der Waals surface area contributed by atoms with Gasteiger partial charge in [0, 0.05) is 24.7 Å². The summed E-state index contributed by atoms with van der Waals surface area (Å²) in [7, 11) is -1.54. The molecule has 0 aromatic heterocycles. The van der Waals surface area contributed by atoms with E-state index in [9.17, 15) is 13.2 Å². The average molecular weight is 340 g/mol. The lowest BCUT2D eigenvalue weighted by atomic mass is 10.1. The zero-order valence-electron chi connectivity index (χ0n) is 13.6. The number of nitrogens with one attached hydrogen (secondary N) is 1. The van der Waals surface area contributed by atoms with Gasteiger partial charge in [-0.3, -0.25) is 4.79 Å². The molecule has 0 bridgehead atoms. The number of piperidine rings is 1. The molecule has 2 rings (SSSR count). The molecule has 1 aliphatic rings. The van der Waals surface area contributed by atoms with Crippen LogP contribution >= 0.6 is 0 Å². The molecular formula is C16H24N2O4S. The third-order valence-corrected chi connectivity index (χ3v) is 6.00. The quantitative estimate of drug-likeness (QED) is 0.843. The molecule has 0 spiro atoms. The van der Waals surface area contributed by atoms with Crippen LogP contribution in [0, 0.1) is 0 Å². The molecule has 0 aliphatic carbocycles. The van der Waals surface area contributed by atoms with Gasteiger partial charge in [0.25, 0.3) is 0 Å². The van der Waals surface area contributed by atoms with Crippen LogP contribution in [0.1, 0.15) is 25.3 Å². The number of hydrogen-bond acceptors (Lipinski definition) is 4. The third-order valence-electron chi connectivity index (χ3n) is 4.12. The summed E-state index contributed by atoms with van der Waals surface area (Å²) < 4.78 is 30.4. The molecule has 1 N–H and O–H groups in total. The minimum absolute atomic E-state index is 0.0283. The Labute approximate surface area is 137 Å². The first kappa shape index (κ1) is 17.7. The van der Waals surface area contributed by atoms with Crippen molar-refractivity contribution in [3.05, 3.63) is 29.8 Å². The molecule has 1 saturated heterocycles. The Morgan fingerprint density at radius 3 is 2.57 bits per heavy atom. The Hall–Kier alpha value is -1.60. The molecule has 23 heavy (non-hydrogen) atoms. The van der Waals surface area contributed by atoms with Gasteiger partial charge in [0.15, 0.2) is 0 Å². The first-order valence-corrected chi connectivity index (χ1v) is 9.46. The Morgan fingerprint density at radius 2 is 1.96 bits per heavy atom. The summed E-state index contributed by atoms with van der Waals surface area (Å²) in [5.74, 6) is 0.760. The number of ether oxygens (including phenoxy) is 1. The van der Waals surface area contributed by atoms with Crippen LogP contribution in [0.15, 0.2) is 24.3 Å². The molecule has 0 saturated carbocycles. The van der Waals surface area contributed by atoms with Crippen molar-refractivity contribution in [2.45, 2.75) is 32.2 Å². The van der Waals surface area contributed by atoms with Gasteiger partial charge in [0.2, 0.25) is 15.9 Å². The predicted octanol–water partition coefficient (Wildman–Crippen LogP) is 1.17. The summed E-state index contributed by atoms with van der Waals surface area (Å²) in [5.41, 5.74) is 0.846. The molecule has 1 aromatic rings. The number of sulfonamides is 1. The minimum atomic E-state index is -3.13. The summed E-state index contributed by atoms with van der Waals surface area (Å²) in [6.07, 6.45) is 1.56. The number of carbonyl (C=O) groups is 1. The summed E-state index contributed by atoms with van der Waals surface area (Å²) in [6.45, 7) is 2.59. The lowest BCUT2D eigenvalue weighted by Crippen LogP contribution is -2.47. The summed E-state index contributed by atoms with van der Waals surface area (Å²) >= 11 is 0. The number of carbonyl (C=O) groups excluding carboxylic acids is 1. The van der Waals surface area contributed by atoms with Crippen LogP contribution in [0.3, 0.4) is 0 Å². The highest BCUT2D eigenvalue weighted by Crippen LogP contribution is 2.18. The summed E-state index contributed by atoms with van der Waals surface area (Å²) in [6, 6.07) is 7.47. The molecule has 6 nitrogen and oxygen atoms in total. The van der Waals surface area contributed by atoms with Gasteiger partial charge in [-0.05, 0) is 25.8 Å². The summed E-state index contributed by atoms with van der Waals surface area (Å²) in [4.78, 5) is 12.2. The topological polar surface area (TPSA) is 75.7 Å². The molecule has 1 fully saturated rings. The maximum Gasteiger partial charge on any atom is 0.224 e. The maximum absolute atomic E-state index is 12.2. The van der Waals surface area contributed by atoms with Crippen molar-refractivity contribution >= 4 is 15.9 Å². The van der Waals surface area contributed by atoms with Crippen LogP contribution in [0.4, 0.5) is 0 Å². The second kappa shape index (κ2) is 7.79. The first-order valence-electron chi connectivity index (χ1n) is 7.85. The van der Waals surface area contributed by atoms with E-state index in [1.165, 1.54) is 4.31 Å². The molecule has 0 radical (unpaired) electrons. The Kier molecular flexibility index (Phi) is 6.01. The molecule has 1 amide bonds. The lowest BCUT2D eigenvalue weighted by Gasteiger charge is -2.31. The van der Waals surface area contributed by atoms with Gasteiger partial charge in [-0.1, -0.05) is 18.2 Å². The van der Waals surface area contributed by atoms with E-state index >= 15 is 0 Å². The van der Waals surface area contributed by atoms with Crippen LogP contribution < -0.4 is 10.1 Å². The van der Waals surface area contributed by atoms with Crippen molar-refractivity contribution in [1.29, 1.82) is 0 Å². The summed E-state index contributed by atoms with van der Waals surface area (Å²) in [5, 5.41) is 2.99. The second-order valence-corrected chi connectivity index (χ2v) is 7.89. The molecule has 128 valence electrons. The fraction of sp³-hybridized carbons (Fsp3) is 0.562. The van der Waals surface area contributed by atoms with Crippen molar-refractivity contribution in [2.75, 3.05) is 26.0 Å². The number of rotatable bonds is 6. The van der Waals surface area contributed by atoms with E-state index in [1.54, 1.807) is 14.0 Å². The van der Waals surface area contributed by atoms with E-state index < -0.39 is 10.0 Å². The lowest BCUT2D eigenvalue weighted by molar-refractivity contribution is -0.121. The van der Waals surface area contributed by atoms with Gasteiger partial charge in [0.1, 0.15) is 5.75 Å². The van der Waals surface area contributed by atoms with Crippen molar-refractivity contribution in [2.24, 2.45) is 0 Å². The highest BCUT2D eigenvalue weighted by Gasteiger charge is 2.27. The largest absolute Gasteiger partial charge is 0.496 e. The second-order valence-electron chi connectivity index (χ2n) is 5.63. The SMILES string of the molecule is CCS(=O)(=O)N1CCC(NC(=O)Cc2ccccc2OC)CC1. The Morgan fingerprint density at radius 1 is 1.30 bits per heavy atom. The number of hydrogen-bond donors (Lipinski definition) is 1. The molecule has 0 unspecified atom stereocenters. The van der Waals surface area contributed by atoms with E-state index in [-0.39, 0.29) is 24.1 Å². The Balaban J connectivity index is 1.86. The first-order chi connectivity index (χ1) is 11.0. The number of methoxy groups -OCH3 is 1. The fourth-order valence-electron chi connectivity index (χ4n) is 2.76. The van der Waals surface area contributed by atoms with Gasteiger partial charge in [-0.2, -0.15) is 0 Å². The monoisotopic (exact) mass is 340 g/mol. The number of para-hydroxylation sites is 1. The van der Waals surface area contributed by atoms with Gasteiger partial charge in [0.05, 0.1) is 19.3 Å². The number of benzene rings is 1. The standard InChI is InChI=1S/C16H24N2O4S/c1-3-23(20,21)18-10-8-14(9-11-18)17-16(19)12-13-6-4-5-7-15(13)22-2/h4-7,14H,3,8-12H2,1-2H3,(H,17,19). The average Bonchev–Trinajstić information content (AvgIpc) is 2.55. The highest BCUT2D eigenvalue weighted by molar-refractivity contribution is 7.89. The predicted molar refractivity (Wildman–Crippen MR) is 88.9 cm³/mol. The van der Waals surface area contributed by atoms with Gasteiger partial charge >= 0.3 is 0 Å². The van der Waals surface area contributed by atoms with Gasteiger partial charge in [-0.25, -0.2) is 12.7 Å². The zero-order chi connectivity index (χ0) is 16.9. The van der Waals surface area contributed by atoms with E-state index in [1.807, 2.05) is 24.3 Å². The van der Waals surface area contributed by atoms with E-state index in [2.05, 4.69) is 5.32 Å². The van der Waals surface area contributed by atoms with Crippen molar-refractivity contribution in [3.8, 4) is 5.75 Å². The van der Waals surface area contributed by atoms with E-state index in [0.717, 1.165) is 5.56 Å². The molecule has 1 heterocycles. The molecule has 7 heteroatoms. The zero-order valence-corrected chi connectivity index (χ0v) is 14.4. The van der Waals surface area contributed by atoms with Crippen molar-refractivity contribution < 1.29 is 17.9 Å². The van der Waals surface area contributed by atoms with Gasteiger partial charge < -0.3 is 10.1 Å². The van der Waals surface area contributed by atoms with Crippen molar-refractivity contribution in [1.82, 2.24) is 9.62 Å². The van der Waals surface area contributed by atoms with Crippen LogP contribution in [0.25, 0.3) is 0 Å². The van der Waals surface area contributed by atoms with Crippen molar-refractivity contribution in [3.63, 3.8) is 0 Å². The smallest absolute Gasteiger partial charge is 0.224 e. The highest BCUT2D eigenvalue weighted by atomic mass is 32.2. The van der Waals surface area contributed by atoms with Crippen LogP contribution in [-0.4, -0.2) is 50.6 Å². The normalized spacial score (nSPS) is 17.0. The van der Waals surface area contributed by atoms with Crippen LogP contribution in [0.2, 0.25) is 0 Å². The Bertz CT molecular complexity index is 637. The fourth-order valence-corrected chi connectivity index (χ4v) is 3.89. The van der Waals surface area contributed by atoms with Gasteiger partial charge in [-0.15, -0.1) is 0 Å². The minimum Gasteiger partial charge on any atom is -0.496 e. The number of nitrogens with zero attached hydrogens (tertiary/aromatic N) is 1. The third kappa shape index (κ3) is 4.68. The number of amides is 1.